The Morgan fingerprint density at radius 1 is 1.40 bits per heavy atom. The van der Waals surface area contributed by atoms with Crippen molar-refractivity contribution in [1.82, 2.24) is 4.90 Å². The molecule has 0 radical (unpaired) electrons. The van der Waals surface area contributed by atoms with Crippen molar-refractivity contribution in [3.63, 3.8) is 0 Å². The molecule has 0 saturated heterocycles. The Kier molecular flexibility index (Phi) is 5.08. The van der Waals surface area contributed by atoms with Gasteiger partial charge in [0.2, 0.25) is 0 Å². The number of aliphatic hydroxyl groups is 1. The fraction of sp³-hybridized carbons (Fsp3) is 0.455. The van der Waals surface area contributed by atoms with E-state index >= 15 is 0 Å². The largest absolute Gasteiger partial charge is 0.399 e. The van der Waals surface area contributed by atoms with E-state index in [1.54, 1.807) is 0 Å². The van der Waals surface area contributed by atoms with Crippen molar-refractivity contribution in [2.75, 3.05) is 25.4 Å². The quantitative estimate of drug-likeness (QED) is 0.805. The first kappa shape index (κ1) is 12.5. The summed E-state index contributed by atoms with van der Waals surface area (Å²) in [5, 5.41) is 8.88. The molecule has 1 rings (SSSR count). The van der Waals surface area contributed by atoms with Gasteiger partial charge in [0.25, 0.3) is 0 Å². The Balaban J connectivity index is 2.69. The molecule has 4 heteroatoms. The maximum Gasteiger partial charge on any atom is 0.0558 e. The summed E-state index contributed by atoms with van der Waals surface area (Å²) >= 11 is 3.42. The van der Waals surface area contributed by atoms with Crippen LogP contribution in [0.1, 0.15) is 12.5 Å². The van der Waals surface area contributed by atoms with Crippen LogP contribution in [-0.4, -0.2) is 29.7 Å². The zero-order valence-corrected chi connectivity index (χ0v) is 10.5. The van der Waals surface area contributed by atoms with Gasteiger partial charge in [0.1, 0.15) is 0 Å². The van der Waals surface area contributed by atoms with E-state index < -0.39 is 0 Å². The number of rotatable bonds is 5. The second-order valence-corrected chi connectivity index (χ2v) is 4.40. The molecule has 84 valence electrons. The number of nitrogens with two attached hydrogens (primary N) is 1. The summed E-state index contributed by atoms with van der Waals surface area (Å²) in [7, 11) is 0. The molecule has 1 aromatic carbocycles. The molecule has 1 aromatic rings. The van der Waals surface area contributed by atoms with Gasteiger partial charge in [0.05, 0.1) is 6.61 Å². The normalized spacial score (nSPS) is 10.9. The van der Waals surface area contributed by atoms with Crippen LogP contribution in [0, 0.1) is 0 Å². The topological polar surface area (TPSA) is 49.5 Å². The van der Waals surface area contributed by atoms with Gasteiger partial charge in [-0.3, -0.25) is 4.90 Å². The van der Waals surface area contributed by atoms with E-state index in [1.807, 2.05) is 12.1 Å². The van der Waals surface area contributed by atoms with Crippen molar-refractivity contribution in [2.24, 2.45) is 0 Å². The summed E-state index contributed by atoms with van der Waals surface area (Å²) < 4.78 is 0.998. The van der Waals surface area contributed by atoms with E-state index in [1.165, 1.54) is 0 Å². The molecule has 0 aliphatic rings. The number of halogens is 1. The van der Waals surface area contributed by atoms with Crippen molar-refractivity contribution in [3.8, 4) is 0 Å². The molecule has 0 spiro atoms. The molecule has 3 N–H and O–H groups in total. The van der Waals surface area contributed by atoms with E-state index in [9.17, 15) is 0 Å². The molecule has 0 heterocycles. The predicted molar refractivity (Wildman–Crippen MR) is 66.6 cm³/mol. The molecular weight excluding hydrogens is 256 g/mol. The second-order valence-electron chi connectivity index (χ2n) is 3.49. The summed E-state index contributed by atoms with van der Waals surface area (Å²) in [6.45, 7) is 4.71. The summed E-state index contributed by atoms with van der Waals surface area (Å²) in [5.74, 6) is 0. The van der Waals surface area contributed by atoms with Gasteiger partial charge in [-0.05, 0) is 30.3 Å². The lowest BCUT2D eigenvalue weighted by molar-refractivity contribution is 0.197. The highest BCUT2D eigenvalue weighted by Crippen LogP contribution is 2.18. The van der Waals surface area contributed by atoms with E-state index in [0.717, 1.165) is 28.8 Å². The highest BCUT2D eigenvalue weighted by molar-refractivity contribution is 9.10. The van der Waals surface area contributed by atoms with E-state index in [4.69, 9.17) is 10.8 Å². The molecular formula is C11H17BrN2O. The third-order valence-electron chi connectivity index (χ3n) is 2.25. The third kappa shape index (κ3) is 4.20. The SMILES string of the molecule is CCN(CCO)Cc1cc(N)cc(Br)c1. The molecule has 0 fully saturated rings. The first-order chi connectivity index (χ1) is 7.15. The Hall–Kier alpha value is -0.580. The molecule has 0 aliphatic heterocycles. The minimum atomic E-state index is 0.192. The fourth-order valence-corrected chi connectivity index (χ4v) is 2.07. The number of anilines is 1. The highest BCUT2D eigenvalue weighted by Gasteiger charge is 2.04. The number of hydrogen-bond donors (Lipinski definition) is 2. The summed E-state index contributed by atoms with van der Waals surface area (Å²) in [4.78, 5) is 2.17. The molecule has 0 aromatic heterocycles. The van der Waals surface area contributed by atoms with Crippen molar-refractivity contribution in [1.29, 1.82) is 0 Å². The maximum atomic E-state index is 8.88. The molecule has 0 amide bonds. The van der Waals surface area contributed by atoms with Crippen LogP contribution in [0.4, 0.5) is 5.69 Å². The number of aliphatic hydroxyl groups excluding tert-OH is 1. The summed E-state index contributed by atoms with van der Waals surface area (Å²) in [5.41, 5.74) is 7.68. The zero-order chi connectivity index (χ0) is 11.3. The number of nitrogens with zero attached hydrogens (tertiary/aromatic N) is 1. The van der Waals surface area contributed by atoms with Crippen LogP contribution in [-0.2, 0) is 6.54 Å². The van der Waals surface area contributed by atoms with Crippen LogP contribution in [0.3, 0.4) is 0 Å². The van der Waals surface area contributed by atoms with Gasteiger partial charge in [-0.1, -0.05) is 22.9 Å². The van der Waals surface area contributed by atoms with E-state index in [0.29, 0.717) is 6.54 Å². The van der Waals surface area contributed by atoms with Gasteiger partial charge in [0, 0.05) is 23.2 Å². The monoisotopic (exact) mass is 272 g/mol. The van der Waals surface area contributed by atoms with Crippen molar-refractivity contribution in [2.45, 2.75) is 13.5 Å². The Morgan fingerprint density at radius 3 is 2.67 bits per heavy atom. The van der Waals surface area contributed by atoms with Gasteiger partial charge in [-0.2, -0.15) is 0 Å². The van der Waals surface area contributed by atoms with Gasteiger partial charge >= 0.3 is 0 Å². The van der Waals surface area contributed by atoms with Gasteiger partial charge in [-0.25, -0.2) is 0 Å². The standard InChI is InChI=1S/C11H17BrN2O/c1-2-14(3-4-15)8-9-5-10(12)7-11(13)6-9/h5-7,15H,2-4,8,13H2,1H3. The molecule has 0 saturated carbocycles. The van der Waals surface area contributed by atoms with E-state index in [-0.39, 0.29) is 6.61 Å². The Bertz CT molecular complexity index is 297. The van der Waals surface area contributed by atoms with Crippen molar-refractivity contribution < 1.29 is 5.11 Å². The zero-order valence-electron chi connectivity index (χ0n) is 8.91. The van der Waals surface area contributed by atoms with Crippen LogP contribution in [0.25, 0.3) is 0 Å². The Morgan fingerprint density at radius 2 is 2.13 bits per heavy atom. The van der Waals surface area contributed by atoms with Crippen LogP contribution < -0.4 is 5.73 Å². The fourth-order valence-electron chi connectivity index (χ4n) is 1.52. The number of benzene rings is 1. The lowest BCUT2D eigenvalue weighted by Gasteiger charge is -2.19. The minimum absolute atomic E-state index is 0.192. The van der Waals surface area contributed by atoms with Gasteiger partial charge < -0.3 is 10.8 Å². The molecule has 0 unspecified atom stereocenters. The third-order valence-corrected chi connectivity index (χ3v) is 2.71. The average Bonchev–Trinajstić information content (AvgIpc) is 2.15. The molecule has 0 bridgehead atoms. The first-order valence-corrected chi connectivity index (χ1v) is 5.83. The summed E-state index contributed by atoms with van der Waals surface area (Å²) in [6, 6.07) is 5.90. The number of likely N-dealkylation sites (N-methyl/N-ethyl adjacent to an activating group) is 1. The smallest absolute Gasteiger partial charge is 0.0558 e. The first-order valence-electron chi connectivity index (χ1n) is 5.04. The Labute approximate surface area is 99.0 Å². The number of hydrogen-bond acceptors (Lipinski definition) is 3. The van der Waals surface area contributed by atoms with Crippen molar-refractivity contribution >= 4 is 21.6 Å². The average molecular weight is 273 g/mol. The minimum Gasteiger partial charge on any atom is -0.399 e. The summed E-state index contributed by atoms with van der Waals surface area (Å²) in [6.07, 6.45) is 0. The predicted octanol–water partition coefficient (Wildman–Crippen LogP) is 1.85. The molecule has 3 nitrogen and oxygen atoms in total. The second kappa shape index (κ2) is 6.10. The van der Waals surface area contributed by atoms with Crippen LogP contribution in [0.5, 0.6) is 0 Å². The highest BCUT2D eigenvalue weighted by atomic mass is 79.9. The van der Waals surface area contributed by atoms with Crippen molar-refractivity contribution in [3.05, 3.63) is 28.2 Å². The lowest BCUT2D eigenvalue weighted by atomic mass is 10.2. The maximum absolute atomic E-state index is 8.88. The van der Waals surface area contributed by atoms with Crippen LogP contribution in [0.2, 0.25) is 0 Å². The molecule has 0 aliphatic carbocycles. The van der Waals surface area contributed by atoms with E-state index in [2.05, 4.69) is 33.8 Å². The molecule has 15 heavy (non-hydrogen) atoms. The molecule has 0 atom stereocenters. The van der Waals surface area contributed by atoms with Crippen LogP contribution >= 0.6 is 15.9 Å². The van der Waals surface area contributed by atoms with Gasteiger partial charge in [-0.15, -0.1) is 0 Å². The van der Waals surface area contributed by atoms with Gasteiger partial charge in [0.15, 0.2) is 0 Å². The number of nitrogen functional groups attached to an aromatic ring is 1. The lowest BCUT2D eigenvalue weighted by Crippen LogP contribution is -2.26. The van der Waals surface area contributed by atoms with Crippen LogP contribution in [0.15, 0.2) is 22.7 Å².